The molecule has 1 saturated heterocycles. The number of fused-ring (bicyclic) bond motifs is 1. The fourth-order valence-corrected chi connectivity index (χ4v) is 3.91. The zero-order chi connectivity index (χ0) is 17.4. The molecular weight excluding hydrogens is 338 g/mol. The summed E-state index contributed by atoms with van der Waals surface area (Å²) >= 11 is 1.40. The number of rotatable bonds is 2. The molecule has 0 N–H and O–H groups in total. The maximum absolute atomic E-state index is 12.5. The van der Waals surface area contributed by atoms with Crippen LogP contribution < -0.4 is 10.5 Å². The third-order valence-electron chi connectivity index (χ3n) is 4.22. The Labute approximate surface area is 148 Å². The second-order valence-corrected chi connectivity index (χ2v) is 6.89. The molecule has 0 atom stereocenters. The molecule has 0 radical (unpaired) electrons. The number of hydrogen-bond acceptors (Lipinski definition) is 6. The van der Waals surface area contributed by atoms with Crippen molar-refractivity contribution in [2.45, 2.75) is 6.92 Å². The van der Waals surface area contributed by atoms with E-state index in [0.29, 0.717) is 42.4 Å². The summed E-state index contributed by atoms with van der Waals surface area (Å²) in [6.45, 7) is 4.43. The average Bonchev–Trinajstić information content (AvgIpc) is 3.06. The Bertz CT molecular complexity index is 974. The number of aryl methyl sites for hydroxylation is 1. The molecule has 3 aromatic rings. The molecule has 3 heterocycles. The van der Waals surface area contributed by atoms with Gasteiger partial charge in [0, 0.05) is 43.5 Å². The van der Waals surface area contributed by atoms with Crippen molar-refractivity contribution in [2.75, 3.05) is 31.1 Å². The van der Waals surface area contributed by atoms with Crippen LogP contribution in [0.3, 0.4) is 0 Å². The van der Waals surface area contributed by atoms with E-state index in [1.807, 2.05) is 35.2 Å². The maximum Gasteiger partial charge on any atom is 0.275 e. The monoisotopic (exact) mass is 355 g/mol. The first-order valence-electron chi connectivity index (χ1n) is 8.08. The number of amides is 1. The van der Waals surface area contributed by atoms with E-state index in [4.69, 9.17) is 0 Å². The van der Waals surface area contributed by atoms with Gasteiger partial charge in [-0.1, -0.05) is 29.5 Å². The first-order chi connectivity index (χ1) is 12.1. The van der Waals surface area contributed by atoms with Crippen molar-refractivity contribution in [1.82, 2.24) is 19.5 Å². The van der Waals surface area contributed by atoms with Crippen LogP contribution in [0.2, 0.25) is 0 Å². The van der Waals surface area contributed by atoms with Gasteiger partial charge in [0.15, 0.2) is 0 Å². The highest BCUT2D eigenvalue weighted by Crippen LogP contribution is 2.23. The summed E-state index contributed by atoms with van der Waals surface area (Å²) in [6, 6.07) is 10.8. The molecule has 0 aliphatic carbocycles. The lowest BCUT2D eigenvalue weighted by atomic mass is 10.2. The van der Waals surface area contributed by atoms with Crippen molar-refractivity contribution >= 4 is 27.3 Å². The van der Waals surface area contributed by atoms with Crippen molar-refractivity contribution < 1.29 is 4.79 Å². The summed E-state index contributed by atoms with van der Waals surface area (Å²) in [5.74, 6) is 0.0538. The van der Waals surface area contributed by atoms with Crippen molar-refractivity contribution in [2.24, 2.45) is 0 Å². The zero-order valence-electron chi connectivity index (χ0n) is 13.8. The molecule has 8 heteroatoms. The summed E-state index contributed by atoms with van der Waals surface area (Å²) in [4.78, 5) is 33.4. The van der Waals surface area contributed by atoms with Crippen LogP contribution in [-0.4, -0.2) is 51.6 Å². The molecular formula is C17H17N5O2S. The summed E-state index contributed by atoms with van der Waals surface area (Å²) < 4.78 is 1.34. The number of benzene rings is 1. The predicted octanol–water partition coefficient (Wildman–Crippen LogP) is 1.42. The van der Waals surface area contributed by atoms with E-state index in [1.54, 1.807) is 6.92 Å². The van der Waals surface area contributed by atoms with Gasteiger partial charge >= 0.3 is 0 Å². The quantitative estimate of drug-likeness (QED) is 0.695. The van der Waals surface area contributed by atoms with Crippen LogP contribution in [0.15, 0.2) is 41.2 Å². The van der Waals surface area contributed by atoms with Gasteiger partial charge in [-0.25, -0.2) is 4.98 Å². The van der Waals surface area contributed by atoms with Crippen LogP contribution in [0.5, 0.6) is 0 Å². The highest BCUT2D eigenvalue weighted by Gasteiger charge is 2.24. The van der Waals surface area contributed by atoms with E-state index < -0.39 is 0 Å². The van der Waals surface area contributed by atoms with Crippen LogP contribution >= 0.6 is 11.3 Å². The lowest BCUT2D eigenvalue weighted by Gasteiger charge is -2.34. The van der Waals surface area contributed by atoms with Crippen molar-refractivity contribution in [3.05, 3.63) is 58.0 Å². The fraction of sp³-hybridized carbons (Fsp3) is 0.294. The molecule has 1 fully saturated rings. The van der Waals surface area contributed by atoms with Gasteiger partial charge in [0.1, 0.15) is 0 Å². The van der Waals surface area contributed by atoms with E-state index in [9.17, 15) is 9.59 Å². The summed E-state index contributed by atoms with van der Waals surface area (Å²) in [5.41, 5.74) is 1.24. The SMILES string of the molecule is Cc1cc(=O)n2nc(N3CCN(C(=O)c4ccccc4)CC3)sc2n1. The van der Waals surface area contributed by atoms with Crippen LogP contribution in [-0.2, 0) is 0 Å². The lowest BCUT2D eigenvalue weighted by Crippen LogP contribution is -2.48. The van der Waals surface area contributed by atoms with Gasteiger partial charge in [-0.15, -0.1) is 5.10 Å². The van der Waals surface area contributed by atoms with Crippen LogP contribution in [0.25, 0.3) is 4.96 Å². The number of nitrogens with zero attached hydrogens (tertiary/aromatic N) is 5. The van der Waals surface area contributed by atoms with Gasteiger partial charge in [-0.2, -0.15) is 4.52 Å². The second-order valence-electron chi connectivity index (χ2n) is 5.96. The molecule has 0 spiro atoms. The van der Waals surface area contributed by atoms with Gasteiger partial charge in [0.25, 0.3) is 11.5 Å². The maximum atomic E-state index is 12.5. The topological polar surface area (TPSA) is 70.8 Å². The smallest absolute Gasteiger partial charge is 0.275 e. The van der Waals surface area contributed by atoms with Crippen LogP contribution in [0.4, 0.5) is 5.13 Å². The van der Waals surface area contributed by atoms with E-state index in [2.05, 4.69) is 15.0 Å². The summed E-state index contributed by atoms with van der Waals surface area (Å²) in [7, 11) is 0. The Morgan fingerprint density at radius 2 is 1.84 bits per heavy atom. The van der Waals surface area contributed by atoms with E-state index in [0.717, 1.165) is 5.13 Å². The highest BCUT2D eigenvalue weighted by molar-refractivity contribution is 7.20. The van der Waals surface area contributed by atoms with E-state index in [1.165, 1.54) is 21.9 Å². The first-order valence-corrected chi connectivity index (χ1v) is 8.90. The Morgan fingerprint density at radius 1 is 1.12 bits per heavy atom. The van der Waals surface area contributed by atoms with Gasteiger partial charge < -0.3 is 9.80 Å². The second kappa shape index (κ2) is 6.29. The molecule has 128 valence electrons. The molecule has 4 rings (SSSR count). The highest BCUT2D eigenvalue weighted by atomic mass is 32.1. The molecule has 1 aliphatic heterocycles. The third kappa shape index (κ3) is 3.00. The minimum Gasteiger partial charge on any atom is -0.343 e. The standard InChI is InChI=1S/C17H17N5O2S/c1-12-11-14(23)22-16(18-12)25-17(19-22)21-9-7-20(8-10-21)15(24)13-5-3-2-4-6-13/h2-6,11H,7-10H2,1H3. The summed E-state index contributed by atoms with van der Waals surface area (Å²) in [5, 5.41) is 5.15. The predicted molar refractivity (Wildman–Crippen MR) is 96.4 cm³/mol. The molecule has 0 saturated carbocycles. The van der Waals surface area contributed by atoms with Gasteiger partial charge in [-0.05, 0) is 19.1 Å². The number of hydrogen-bond donors (Lipinski definition) is 0. The minimum atomic E-state index is -0.164. The number of aromatic nitrogens is 3. The largest absolute Gasteiger partial charge is 0.343 e. The molecule has 1 amide bonds. The van der Waals surface area contributed by atoms with Crippen molar-refractivity contribution in [3.63, 3.8) is 0 Å². The molecule has 0 bridgehead atoms. The number of piperazine rings is 1. The Hall–Kier alpha value is -2.74. The molecule has 0 unspecified atom stereocenters. The van der Waals surface area contributed by atoms with Crippen molar-refractivity contribution in [3.8, 4) is 0 Å². The molecule has 1 aliphatic rings. The molecule has 2 aromatic heterocycles. The lowest BCUT2D eigenvalue weighted by molar-refractivity contribution is 0.0746. The molecule has 7 nitrogen and oxygen atoms in total. The van der Waals surface area contributed by atoms with E-state index >= 15 is 0 Å². The van der Waals surface area contributed by atoms with E-state index in [-0.39, 0.29) is 11.5 Å². The number of anilines is 1. The Morgan fingerprint density at radius 3 is 2.56 bits per heavy atom. The van der Waals surface area contributed by atoms with Crippen LogP contribution in [0.1, 0.15) is 16.1 Å². The van der Waals surface area contributed by atoms with Crippen molar-refractivity contribution in [1.29, 1.82) is 0 Å². The number of carbonyl (C=O) groups excluding carboxylic acids is 1. The average molecular weight is 355 g/mol. The third-order valence-corrected chi connectivity index (χ3v) is 5.19. The Kier molecular flexibility index (Phi) is 3.96. The van der Waals surface area contributed by atoms with Gasteiger partial charge in [-0.3, -0.25) is 9.59 Å². The molecule has 25 heavy (non-hydrogen) atoms. The zero-order valence-corrected chi connectivity index (χ0v) is 14.6. The Balaban J connectivity index is 1.50. The first kappa shape index (κ1) is 15.8. The minimum absolute atomic E-state index is 0.0538. The van der Waals surface area contributed by atoms with Gasteiger partial charge in [0.05, 0.1) is 0 Å². The van der Waals surface area contributed by atoms with Crippen LogP contribution in [0, 0.1) is 6.92 Å². The normalized spacial score (nSPS) is 14.9. The number of carbonyl (C=O) groups is 1. The fourth-order valence-electron chi connectivity index (χ4n) is 2.90. The summed E-state index contributed by atoms with van der Waals surface area (Å²) in [6.07, 6.45) is 0. The van der Waals surface area contributed by atoms with Gasteiger partial charge in [0.2, 0.25) is 10.1 Å². The molecule has 1 aromatic carbocycles.